The Bertz CT molecular complexity index is 373. The van der Waals surface area contributed by atoms with Crippen molar-refractivity contribution in [2.24, 2.45) is 16.2 Å². The van der Waals surface area contributed by atoms with Gasteiger partial charge in [-0.15, -0.1) is 0 Å². The van der Waals surface area contributed by atoms with Crippen LogP contribution in [0.4, 0.5) is 0 Å². The van der Waals surface area contributed by atoms with E-state index < -0.39 is 22.8 Å². The Morgan fingerprint density at radius 2 is 1.74 bits per heavy atom. The molecule has 0 bridgehead atoms. The van der Waals surface area contributed by atoms with Crippen LogP contribution in [0.25, 0.3) is 0 Å². The average Bonchev–Trinajstić information content (AvgIpc) is 2.49. The molecule has 4 nitrogen and oxygen atoms in total. The van der Waals surface area contributed by atoms with Crippen LogP contribution in [0.2, 0.25) is 0 Å². The largest absolute Gasteiger partial charge is 0.393 e. The summed E-state index contributed by atoms with van der Waals surface area (Å²) in [7, 11) is 1.60. The second-order valence-electron chi connectivity index (χ2n) is 7.65. The lowest BCUT2D eigenvalue weighted by atomic mass is 9.60. The predicted octanol–water partition coefficient (Wildman–Crippen LogP) is 2.94. The molecule has 110 valence electrons. The quantitative estimate of drug-likeness (QED) is 0.584. The van der Waals surface area contributed by atoms with Crippen LogP contribution >= 0.6 is 0 Å². The van der Waals surface area contributed by atoms with Gasteiger partial charge in [0.1, 0.15) is 5.41 Å². The molecule has 1 fully saturated rings. The molecular weight excluding hydrogens is 244 g/mol. The molecule has 0 N–H and O–H groups in total. The number of methoxy groups -OCH3 is 1. The third-order valence-corrected chi connectivity index (χ3v) is 3.96. The summed E-state index contributed by atoms with van der Waals surface area (Å²) in [4.78, 5) is 23.9. The lowest BCUT2D eigenvalue weighted by Gasteiger charge is -2.44. The molecule has 2 atom stereocenters. The first-order valence-electron chi connectivity index (χ1n) is 6.72. The zero-order chi connectivity index (χ0) is 15.1. The summed E-state index contributed by atoms with van der Waals surface area (Å²) in [6, 6.07) is 0. The minimum Gasteiger partial charge on any atom is -0.393 e. The summed E-state index contributed by atoms with van der Waals surface area (Å²) in [6.45, 7) is 12.2. The Hall–Kier alpha value is -0.900. The molecule has 1 aliphatic rings. The van der Waals surface area contributed by atoms with Gasteiger partial charge in [0, 0.05) is 7.11 Å². The normalized spacial score (nSPS) is 26.5. The van der Waals surface area contributed by atoms with Gasteiger partial charge in [0.05, 0.1) is 12.5 Å². The van der Waals surface area contributed by atoms with E-state index in [2.05, 4.69) is 20.8 Å². The second kappa shape index (κ2) is 4.89. The molecule has 0 amide bonds. The third-order valence-electron chi connectivity index (χ3n) is 3.96. The van der Waals surface area contributed by atoms with Crippen molar-refractivity contribution in [3.05, 3.63) is 0 Å². The van der Waals surface area contributed by atoms with E-state index in [-0.39, 0.29) is 17.9 Å². The van der Waals surface area contributed by atoms with Gasteiger partial charge in [-0.05, 0) is 17.3 Å². The molecule has 19 heavy (non-hydrogen) atoms. The maximum absolute atomic E-state index is 12.3. The van der Waals surface area contributed by atoms with E-state index in [9.17, 15) is 9.59 Å². The van der Waals surface area contributed by atoms with Crippen molar-refractivity contribution in [2.75, 3.05) is 7.11 Å². The molecule has 1 saturated heterocycles. The van der Waals surface area contributed by atoms with Gasteiger partial charge < -0.3 is 9.47 Å². The van der Waals surface area contributed by atoms with Crippen LogP contribution in [-0.4, -0.2) is 25.2 Å². The summed E-state index contributed by atoms with van der Waals surface area (Å²) in [5.74, 6) is -0.892. The molecule has 1 heterocycles. The Labute approximate surface area is 115 Å². The van der Waals surface area contributed by atoms with Crippen molar-refractivity contribution >= 4 is 11.9 Å². The first kappa shape index (κ1) is 16.2. The van der Waals surface area contributed by atoms with Crippen LogP contribution in [0.1, 0.15) is 54.4 Å². The molecular formula is C15H26O4. The lowest BCUT2D eigenvalue weighted by Crippen LogP contribution is -2.51. The number of rotatable bonds is 3. The maximum Gasteiger partial charge on any atom is 0.323 e. The van der Waals surface area contributed by atoms with Crippen LogP contribution in [-0.2, 0) is 19.1 Å². The van der Waals surface area contributed by atoms with Gasteiger partial charge in [-0.25, -0.2) is 0 Å². The van der Waals surface area contributed by atoms with Crippen LogP contribution in [0.15, 0.2) is 0 Å². The van der Waals surface area contributed by atoms with E-state index in [1.165, 1.54) is 0 Å². The smallest absolute Gasteiger partial charge is 0.323 e. The fourth-order valence-corrected chi connectivity index (χ4v) is 2.84. The first-order chi connectivity index (χ1) is 8.44. The Balaban J connectivity index is 3.24. The summed E-state index contributed by atoms with van der Waals surface area (Å²) in [6.07, 6.45) is 0.471. The molecule has 0 spiro atoms. The highest BCUT2D eigenvalue weighted by Gasteiger charge is 2.61. The van der Waals surface area contributed by atoms with Crippen LogP contribution in [0, 0.1) is 16.2 Å². The standard InChI is InChI=1S/C15H26O4/c1-13(2,3)8-10(18-7)15(14(4,5)6)9-11(16)19-12(15)17/h10H,8-9H2,1-7H3. The van der Waals surface area contributed by atoms with Crippen molar-refractivity contribution < 1.29 is 19.1 Å². The van der Waals surface area contributed by atoms with E-state index in [0.717, 1.165) is 0 Å². The van der Waals surface area contributed by atoms with E-state index >= 15 is 0 Å². The number of carbonyl (C=O) groups excluding carboxylic acids is 2. The van der Waals surface area contributed by atoms with E-state index in [1.54, 1.807) is 7.11 Å². The summed E-state index contributed by atoms with van der Waals surface area (Å²) < 4.78 is 10.4. The highest BCUT2D eigenvalue weighted by atomic mass is 16.6. The van der Waals surface area contributed by atoms with Gasteiger partial charge in [-0.2, -0.15) is 0 Å². The maximum atomic E-state index is 12.3. The third kappa shape index (κ3) is 2.99. The Morgan fingerprint density at radius 3 is 2.00 bits per heavy atom. The van der Waals surface area contributed by atoms with Gasteiger partial charge in [0.2, 0.25) is 0 Å². The van der Waals surface area contributed by atoms with Crippen LogP contribution in [0.3, 0.4) is 0 Å². The Kier molecular flexibility index (Phi) is 4.16. The molecule has 0 aromatic rings. The van der Waals surface area contributed by atoms with Gasteiger partial charge in [0.15, 0.2) is 0 Å². The van der Waals surface area contributed by atoms with Gasteiger partial charge in [-0.1, -0.05) is 41.5 Å². The molecule has 0 aromatic heterocycles. The lowest BCUT2D eigenvalue weighted by molar-refractivity contribution is -0.166. The number of cyclic esters (lactones) is 2. The van der Waals surface area contributed by atoms with E-state index in [4.69, 9.17) is 9.47 Å². The molecule has 0 saturated carbocycles. The summed E-state index contributed by atoms with van der Waals surface area (Å²) >= 11 is 0. The molecule has 1 aliphatic heterocycles. The Morgan fingerprint density at radius 1 is 1.21 bits per heavy atom. The minimum absolute atomic E-state index is 0.00481. The summed E-state index contributed by atoms with van der Waals surface area (Å²) in [5.41, 5.74) is -1.29. The molecule has 2 unspecified atom stereocenters. The molecule has 0 radical (unpaired) electrons. The zero-order valence-corrected chi connectivity index (χ0v) is 13.1. The minimum atomic E-state index is -0.897. The molecule has 0 aliphatic carbocycles. The van der Waals surface area contributed by atoms with Gasteiger partial charge in [0.25, 0.3) is 0 Å². The number of hydrogen-bond acceptors (Lipinski definition) is 4. The number of ether oxygens (including phenoxy) is 2. The topological polar surface area (TPSA) is 52.6 Å². The second-order valence-corrected chi connectivity index (χ2v) is 7.65. The van der Waals surface area contributed by atoms with Crippen molar-refractivity contribution in [1.82, 2.24) is 0 Å². The highest BCUT2D eigenvalue weighted by molar-refractivity contribution is 5.98. The zero-order valence-electron chi connectivity index (χ0n) is 13.1. The van der Waals surface area contributed by atoms with Crippen molar-refractivity contribution in [3.8, 4) is 0 Å². The highest BCUT2D eigenvalue weighted by Crippen LogP contribution is 2.52. The fraction of sp³-hybridized carbons (Fsp3) is 0.867. The predicted molar refractivity (Wildman–Crippen MR) is 72.5 cm³/mol. The van der Waals surface area contributed by atoms with E-state index in [1.807, 2.05) is 20.8 Å². The van der Waals surface area contributed by atoms with Gasteiger partial charge >= 0.3 is 11.9 Å². The van der Waals surface area contributed by atoms with Crippen LogP contribution in [0.5, 0.6) is 0 Å². The molecule has 0 aromatic carbocycles. The van der Waals surface area contributed by atoms with Crippen molar-refractivity contribution in [3.63, 3.8) is 0 Å². The number of hydrogen-bond donors (Lipinski definition) is 0. The van der Waals surface area contributed by atoms with Crippen LogP contribution < -0.4 is 0 Å². The SMILES string of the molecule is COC(CC(C)(C)C)C1(C(C)(C)C)CC(=O)OC1=O. The number of esters is 2. The average molecular weight is 270 g/mol. The van der Waals surface area contributed by atoms with E-state index in [0.29, 0.717) is 6.42 Å². The monoisotopic (exact) mass is 270 g/mol. The fourth-order valence-electron chi connectivity index (χ4n) is 2.84. The summed E-state index contributed by atoms with van der Waals surface area (Å²) in [5, 5.41) is 0. The van der Waals surface area contributed by atoms with Crippen molar-refractivity contribution in [2.45, 2.75) is 60.5 Å². The van der Waals surface area contributed by atoms with Gasteiger partial charge in [-0.3, -0.25) is 9.59 Å². The molecule has 4 heteroatoms. The molecule has 1 rings (SSSR count). The number of carbonyl (C=O) groups is 2. The van der Waals surface area contributed by atoms with Crippen molar-refractivity contribution in [1.29, 1.82) is 0 Å². The first-order valence-corrected chi connectivity index (χ1v) is 6.72.